The fourth-order valence-corrected chi connectivity index (χ4v) is 4.92. The highest BCUT2D eigenvalue weighted by molar-refractivity contribution is 5.25. The average Bonchev–Trinajstić information content (AvgIpc) is 3.20. The molecule has 1 saturated heterocycles. The molecule has 0 radical (unpaired) electrons. The molecule has 1 saturated carbocycles. The predicted octanol–water partition coefficient (Wildman–Crippen LogP) is 3.40. The minimum absolute atomic E-state index is 0.327. The molecule has 1 aliphatic carbocycles. The predicted molar refractivity (Wildman–Crippen MR) is 99.1 cm³/mol. The number of rotatable bonds is 4. The normalized spacial score (nSPS) is 29.7. The van der Waals surface area contributed by atoms with Crippen LogP contribution in [0.4, 0.5) is 0 Å². The first kappa shape index (κ1) is 16.8. The van der Waals surface area contributed by atoms with E-state index in [1.807, 2.05) is 18.2 Å². The molecule has 0 spiro atoms. The Morgan fingerprint density at radius 3 is 2.80 bits per heavy atom. The fraction of sp³-hybridized carbons (Fsp3) is 0.571. The number of imidazole rings is 1. The van der Waals surface area contributed by atoms with Gasteiger partial charge < -0.3 is 10.1 Å². The van der Waals surface area contributed by atoms with E-state index in [-0.39, 0.29) is 0 Å². The molecule has 134 valence electrons. The van der Waals surface area contributed by atoms with Gasteiger partial charge in [-0.05, 0) is 37.7 Å². The van der Waals surface area contributed by atoms with Crippen molar-refractivity contribution in [1.82, 2.24) is 14.9 Å². The number of nitrogens with zero attached hydrogens (tertiary/aromatic N) is 2. The summed E-state index contributed by atoms with van der Waals surface area (Å²) in [7, 11) is 0. The molecule has 4 heteroatoms. The average molecular weight is 339 g/mol. The van der Waals surface area contributed by atoms with Crippen molar-refractivity contribution in [3.63, 3.8) is 0 Å². The molecule has 4 nitrogen and oxygen atoms in total. The van der Waals surface area contributed by atoms with E-state index < -0.39 is 5.60 Å². The summed E-state index contributed by atoms with van der Waals surface area (Å²) in [6.07, 6.45) is 4.17. The fourth-order valence-electron chi connectivity index (χ4n) is 4.92. The summed E-state index contributed by atoms with van der Waals surface area (Å²) >= 11 is 0. The smallest absolute Gasteiger partial charge is 0.106 e. The number of aromatic amines is 1. The van der Waals surface area contributed by atoms with Crippen LogP contribution in [0.25, 0.3) is 0 Å². The molecule has 1 aromatic carbocycles. The molecule has 0 bridgehead atoms. The van der Waals surface area contributed by atoms with Crippen molar-refractivity contribution >= 4 is 0 Å². The molecule has 1 aromatic heterocycles. The van der Waals surface area contributed by atoms with Crippen molar-refractivity contribution in [2.24, 2.45) is 11.8 Å². The van der Waals surface area contributed by atoms with Crippen LogP contribution in [0, 0.1) is 18.8 Å². The van der Waals surface area contributed by atoms with Crippen LogP contribution in [0.5, 0.6) is 0 Å². The molecule has 25 heavy (non-hydrogen) atoms. The van der Waals surface area contributed by atoms with Gasteiger partial charge in [-0.15, -0.1) is 0 Å². The van der Waals surface area contributed by atoms with E-state index in [9.17, 15) is 5.11 Å². The number of H-pyrrole nitrogens is 1. The van der Waals surface area contributed by atoms with Gasteiger partial charge in [-0.2, -0.15) is 0 Å². The van der Waals surface area contributed by atoms with E-state index in [0.29, 0.717) is 11.8 Å². The second kappa shape index (κ2) is 6.58. The number of aliphatic hydroxyl groups is 1. The monoisotopic (exact) mass is 339 g/mol. The molecule has 1 aliphatic heterocycles. The molecule has 0 amide bonds. The number of likely N-dealkylation sites (tertiary alicyclic amines) is 1. The lowest BCUT2D eigenvalue weighted by molar-refractivity contribution is -0.0648. The van der Waals surface area contributed by atoms with Gasteiger partial charge >= 0.3 is 0 Å². The van der Waals surface area contributed by atoms with Gasteiger partial charge in [-0.1, -0.05) is 37.3 Å². The number of fused-ring (bicyclic) bond motifs is 1. The number of hydrogen-bond acceptors (Lipinski definition) is 3. The first-order valence-corrected chi connectivity index (χ1v) is 9.64. The standard InChI is InChI=1S/C21H29N3O/c1-3-20-22-15(2)19(23-20)14-24-12-16-8-7-11-21(25,18(16)13-24)17-9-5-4-6-10-17/h4-6,9-10,16,18,25H,3,7-8,11-14H2,1-2H3,(H,22,23)/t16-,18+,21+/m0/s1. The number of hydrogen-bond donors (Lipinski definition) is 2. The molecule has 0 unspecified atom stereocenters. The van der Waals surface area contributed by atoms with Crippen LogP contribution >= 0.6 is 0 Å². The third kappa shape index (κ3) is 3.02. The van der Waals surface area contributed by atoms with Crippen molar-refractivity contribution in [2.45, 2.75) is 51.7 Å². The summed E-state index contributed by atoms with van der Waals surface area (Å²) in [6.45, 7) is 7.18. The lowest BCUT2D eigenvalue weighted by atomic mass is 9.67. The Kier molecular flexibility index (Phi) is 4.42. The van der Waals surface area contributed by atoms with Gasteiger partial charge in [0.15, 0.2) is 0 Å². The van der Waals surface area contributed by atoms with Crippen LogP contribution in [-0.4, -0.2) is 33.1 Å². The SMILES string of the molecule is CCc1nc(CN2C[C@@H]3CCC[C@@](O)(c4ccccc4)[C@@H]3C2)c(C)[nH]1. The molecule has 3 atom stereocenters. The molecule has 2 heterocycles. The lowest BCUT2D eigenvalue weighted by Gasteiger charge is -2.41. The Balaban J connectivity index is 1.53. The van der Waals surface area contributed by atoms with Gasteiger partial charge in [-0.25, -0.2) is 4.98 Å². The summed E-state index contributed by atoms with van der Waals surface area (Å²) in [5.74, 6) is 1.99. The van der Waals surface area contributed by atoms with Crippen LogP contribution in [0.2, 0.25) is 0 Å². The molecule has 2 fully saturated rings. The van der Waals surface area contributed by atoms with Crippen LogP contribution in [0.1, 0.15) is 49.0 Å². The maximum Gasteiger partial charge on any atom is 0.106 e. The van der Waals surface area contributed by atoms with E-state index in [4.69, 9.17) is 4.98 Å². The second-order valence-electron chi connectivity index (χ2n) is 7.85. The molecular weight excluding hydrogens is 310 g/mol. The number of benzene rings is 1. The van der Waals surface area contributed by atoms with Crippen molar-refractivity contribution < 1.29 is 5.11 Å². The largest absolute Gasteiger partial charge is 0.385 e. The molecule has 2 aliphatic rings. The van der Waals surface area contributed by atoms with E-state index in [1.54, 1.807) is 0 Å². The van der Waals surface area contributed by atoms with Gasteiger partial charge in [0.05, 0.1) is 11.3 Å². The van der Waals surface area contributed by atoms with Crippen LogP contribution < -0.4 is 0 Å². The Labute approximate surface area is 150 Å². The highest BCUT2D eigenvalue weighted by Crippen LogP contribution is 2.48. The number of aromatic nitrogens is 2. The highest BCUT2D eigenvalue weighted by atomic mass is 16.3. The molecular formula is C21H29N3O. The summed E-state index contributed by atoms with van der Waals surface area (Å²) < 4.78 is 0. The van der Waals surface area contributed by atoms with E-state index in [2.05, 4.69) is 35.9 Å². The van der Waals surface area contributed by atoms with Gasteiger partial charge in [-0.3, -0.25) is 4.90 Å². The summed E-state index contributed by atoms with van der Waals surface area (Å²) in [4.78, 5) is 10.6. The zero-order valence-corrected chi connectivity index (χ0v) is 15.3. The lowest BCUT2D eigenvalue weighted by Crippen LogP contribution is -2.42. The van der Waals surface area contributed by atoms with Gasteiger partial charge in [0, 0.05) is 37.7 Å². The molecule has 4 rings (SSSR count). The third-order valence-electron chi connectivity index (χ3n) is 6.28. The van der Waals surface area contributed by atoms with Gasteiger partial charge in [0.1, 0.15) is 5.82 Å². The van der Waals surface area contributed by atoms with Crippen molar-refractivity contribution in [1.29, 1.82) is 0 Å². The molecule has 2 aromatic rings. The Morgan fingerprint density at radius 1 is 1.28 bits per heavy atom. The van der Waals surface area contributed by atoms with Crippen molar-refractivity contribution in [2.75, 3.05) is 13.1 Å². The quantitative estimate of drug-likeness (QED) is 0.898. The third-order valence-corrected chi connectivity index (χ3v) is 6.28. The number of nitrogens with one attached hydrogen (secondary N) is 1. The van der Waals surface area contributed by atoms with E-state index in [1.165, 1.54) is 17.8 Å². The second-order valence-corrected chi connectivity index (χ2v) is 7.85. The topological polar surface area (TPSA) is 52.1 Å². The number of aryl methyl sites for hydroxylation is 2. The minimum Gasteiger partial charge on any atom is -0.385 e. The molecule has 2 N–H and O–H groups in total. The first-order chi connectivity index (χ1) is 12.1. The highest BCUT2D eigenvalue weighted by Gasteiger charge is 2.49. The first-order valence-electron chi connectivity index (χ1n) is 9.64. The van der Waals surface area contributed by atoms with E-state index in [0.717, 1.165) is 50.3 Å². The minimum atomic E-state index is -0.672. The maximum atomic E-state index is 11.5. The Morgan fingerprint density at radius 2 is 2.08 bits per heavy atom. The van der Waals surface area contributed by atoms with Crippen molar-refractivity contribution in [3.05, 3.63) is 53.1 Å². The maximum absolute atomic E-state index is 11.5. The van der Waals surface area contributed by atoms with Gasteiger partial charge in [0.2, 0.25) is 0 Å². The Hall–Kier alpha value is -1.65. The zero-order chi connectivity index (χ0) is 17.4. The van der Waals surface area contributed by atoms with Crippen LogP contribution in [0.3, 0.4) is 0 Å². The summed E-state index contributed by atoms with van der Waals surface area (Å²) in [5.41, 5.74) is 2.77. The van der Waals surface area contributed by atoms with Crippen LogP contribution in [-0.2, 0) is 18.6 Å². The zero-order valence-electron chi connectivity index (χ0n) is 15.3. The Bertz CT molecular complexity index is 726. The summed E-state index contributed by atoms with van der Waals surface area (Å²) in [5, 5.41) is 11.5. The summed E-state index contributed by atoms with van der Waals surface area (Å²) in [6, 6.07) is 10.3. The van der Waals surface area contributed by atoms with Crippen molar-refractivity contribution in [3.8, 4) is 0 Å². The van der Waals surface area contributed by atoms with E-state index >= 15 is 0 Å². The van der Waals surface area contributed by atoms with Gasteiger partial charge in [0.25, 0.3) is 0 Å². The van der Waals surface area contributed by atoms with Crippen LogP contribution in [0.15, 0.2) is 30.3 Å².